The van der Waals surface area contributed by atoms with E-state index >= 15 is 0 Å². The molecule has 0 spiro atoms. The highest BCUT2D eigenvalue weighted by molar-refractivity contribution is 5.99. The maximum absolute atomic E-state index is 12.3. The van der Waals surface area contributed by atoms with Gasteiger partial charge in [0.1, 0.15) is 5.60 Å². The molecule has 1 aromatic rings. The van der Waals surface area contributed by atoms with Gasteiger partial charge in [-0.25, -0.2) is 4.98 Å². The van der Waals surface area contributed by atoms with Crippen molar-refractivity contribution in [3.05, 3.63) is 18.2 Å². The van der Waals surface area contributed by atoms with Gasteiger partial charge in [-0.1, -0.05) is 6.92 Å². The number of Topliss-reactive ketones (excluding diaryl/α,β-unsaturated/α-hetero) is 1. The highest BCUT2D eigenvalue weighted by atomic mass is 16.3. The van der Waals surface area contributed by atoms with Crippen LogP contribution in [0.4, 0.5) is 0 Å². The third kappa shape index (κ3) is 2.27. The first kappa shape index (κ1) is 12.3. The fraction of sp³-hybridized carbons (Fsp3) is 0.692. The molecule has 0 amide bonds. The van der Waals surface area contributed by atoms with Gasteiger partial charge in [0.2, 0.25) is 5.78 Å². The summed E-state index contributed by atoms with van der Waals surface area (Å²) in [6.07, 6.45) is 6.34. The van der Waals surface area contributed by atoms with Crippen molar-refractivity contribution in [1.29, 1.82) is 0 Å². The Labute approximate surface area is 102 Å². The number of ketones is 1. The van der Waals surface area contributed by atoms with E-state index in [0.29, 0.717) is 31.1 Å². The van der Waals surface area contributed by atoms with E-state index in [1.54, 1.807) is 17.0 Å². The minimum Gasteiger partial charge on any atom is -0.382 e. The van der Waals surface area contributed by atoms with Crippen molar-refractivity contribution in [2.45, 2.75) is 51.7 Å². The number of nitrogens with zero attached hydrogens (tertiary/aromatic N) is 2. The molecule has 0 aromatic carbocycles. The predicted octanol–water partition coefficient (Wildman–Crippen LogP) is 2.03. The highest BCUT2D eigenvalue weighted by Crippen LogP contribution is 2.33. The van der Waals surface area contributed by atoms with Crippen LogP contribution < -0.4 is 0 Å². The standard InChI is InChI=1S/C13H20N2O2/c1-3-15-9-8-14-12(15)11(16)13(17)6-4-10(2)5-7-13/h8-10,17H,3-7H2,1-2H3. The molecule has 0 atom stereocenters. The van der Waals surface area contributed by atoms with Crippen molar-refractivity contribution in [2.75, 3.05) is 0 Å². The van der Waals surface area contributed by atoms with E-state index in [0.717, 1.165) is 12.8 Å². The van der Waals surface area contributed by atoms with Crippen LogP contribution in [0, 0.1) is 5.92 Å². The van der Waals surface area contributed by atoms with Gasteiger partial charge in [0.15, 0.2) is 5.82 Å². The van der Waals surface area contributed by atoms with Crippen LogP contribution in [0.3, 0.4) is 0 Å². The summed E-state index contributed by atoms with van der Waals surface area (Å²) in [6.45, 7) is 4.83. The molecule has 17 heavy (non-hydrogen) atoms. The summed E-state index contributed by atoms with van der Waals surface area (Å²) in [5.41, 5.74) is -1.19. The molecular formula is C13H20N2O2. The molecule has 1 saturated carbocycles. The first-order valence-electron chi connectivity index (χ1n) is 6.35. The first-order chi connectivity index (χ1) is 8.07. The quantitative estimate of drug-likeness (QED) is 0.817. The lowest BCUT2D eigenvalue weighted by molar-refractivity contribution is 0.00302. The lowest BCUT2D eigenvalue weighted by Gasteiger charge is -2.33. The maximum atomic E-state index is 12.3. The number of aryl methyl sites for hydroxylation is 1. The molecule has 94 valence electrons. The molecule has 0 radical (unpaired) electrons. The molecule has 2 rings (SSSR count). The molecule has 0 saturated heterocycles. The van der Waals surface area contributed by atoms with E-state index in [1.165, 1.54) is 0 Å². The Morgan fingerprint density at radius 3 is 2.82 bits per heavy atom. The van der Waals surface area contributed by atoms with Gasteiger partial charge in [0, 0.05) is 18.9 Å². The molecule has 1 heterocycles. The lowest BCUT2D eigenvalue weighted by Crippen LogP contribution is -2.43. The van der Waals surface area contributed by atoms with Crippen LogP contribution >= 0.6 is 0 Å². The largest absolute Gasteiger partial charge is 0.382 e. The Morgan fingerprint density at radius 1 is 1.59 bits per heavy atom. The second-order valence-corrected chi connectivity index (χ2v) is 5.08. The van der Waals surface area contributed by atoms with Crippen LogP contribution in [0.1, 0.15) is 50.1 Å². The monoisotopic (exact) mass is 236 g/mol. The first-order valence-corrected chi connectivity index (χ1v) is 6.35. The summed E-state index contributed by atoms with van der Waals surface area (Å²) in [5, 5.41) is 10.4. The minimum atomic E-state index is -1.19. The van der Waals surface area contributed by atoms with Gasteiger partial charge in [-0.2, -0.15) is 0 Å². The van der Waals surface area contributed by atoms with Crippen molar-refractivity contribution in [3.8, 4) is 0 Å². The molecule has 1 fully saturated rings. The summed E-state index contributed by atoms with van der Waals surface area (Å²) in [6, 6.07) is 0. The Morgan fingerprint density at radius 2 is 2.24 bits per heavy atom. The Hall–Kier alpha value is -1.16. The van der Waals surface area contributed by atoms with Crippen molar-refractivity contribution < 1.29 is 9.90 Å². The zero-order chi connectivity index (χ0) is 12.5. The number of rotatable bonds is 3. The highest BCUT2D eigenvalue weighted by Gasteiger charge is 2.41. The summed E-state index contributed by atoms with van der Waals surface area (Å²) >= 11 is 0. The van der Waals surface area contributed by atoms with Gasteiger partial charge < -0.3 is 9.67 Å². The van der Waals surface area contributed by atoms with E-state index in [2.05, 4.69) is 11.9 Å². The molecule has 0 unspecified atom stereocenters. The van der Waals surface area contributed by atoms with Crippen LogP contribution in [0.15, 0.2) is 12.4 Å². The van der Waals surface area contributed by atoms with Crippen LogP contribution in [-0.4, -0.2) is 26.0 Å². The molecule has 4 nitrogen and oxygen atoms in total. The molecule has 4 heteroatoms. The van der Waals surface area contributed by atoms with E-state index in [9.17, 15) is 9.90 Å². The van der Waals surface area contributed by atoms with Crippen LogP contribution in [0.5, 0.6) is 0 Å². The molecule has 1 aliphatic rings. The minimum absolute atomic E-state index is 0.212. The fourth-order valence-corrected chi connectivity index (χ4v) is 2.45. The van der Waals surface area contributed by atoms with Gasteiger partial charge in [-0.3, -0.25) is 4.79 Å². The predicted molar refractivity (Wildman–Crippen MR) is 64.8 cm³/mol. The second-order valence-electron chi connectivity index (χ2n) is 5.08. The van der Waals surface area contributed by atoms with Crippen molar-refractivity contribution in [3.63, 3.8) is 0 Å². The summed E-state index contributed by atoms with van der Waals surface area (Å²) in [4.78, 5) is 16.4. The topological polar surface area (TPSA) is 55.1 Å². The molecular weight excluding hydrogens is 216 g/mol. The SMILES string of the molecule is CCn1ccnc1C(=O)C1(O)CCC(C)CC1. The Balaban J connectivity index is 2.19. The van der Waals surface area contributed by atoms with Crippen molar-refractivity contribution in [1.82, 2.24) is 9.55 Å². The second kappa shape index (κ2) is 4.61. The van der Waals surface area contributed by atoms with Gasteiger partial charge >= 0.3 is 0 Å². The van der Waals surface area contributed by atoms with E-state index < -0.39 is 5.60 Å². The normalized spacial score (nSPS) is 29.2. The van der Waals surface area contributed by atoms with Gasteiger partial charge in [0.25, 0.3) is 0 Å². The summed E-state index contributed by atoms with van der Waals surface area (Å²) in [7, 11) is 0. The number of hydrogen-bond donors (Lipinski definition) is 1. The number of aromatic nitrogens is 2. The number of hydrogen-bond acceptors (Lipinski definition) is 3. The number of imidazole rings is 1. The summed E-state index contributed by atoms with van der Waals surface area (Å²) in [5.74, 6) is 0.787. The maximum Gasteiger partial charge on any atom is 0.229 e. The molecule has 1 aliphatic carbocycles. The smallest absolute Gasteiger partial charge is 0.229 e. The average Bonchev–Trinajstić information content (AvgIpc) is 2.80. The Kier molecular flexibility index (Phi) is 3.33. The average molecular weight is 236 g/mol. The van der Waals surface area contributed by atoms with E-state index in [4.69, 9.17) is 0 Å². The summed E-state index contributed by atoms with van der Waals surface area (Å²) < 4.78 is 1.79. The van der Waals surface area contributed by atoms with Crippen molar-refractivity contribution in [2.24, 2.45) is 5.92 Å². The van der Waals surface area contributed by atoms with Crippen LogP contribution in [0.2, 0.25) is 0 Å². The Bertz CT molecular complexity index is 403. The van der Waals surface area contributed by atoms with Crippen LogP contribution in [-0.2, 0) is 6.54 Å². The zero-order valence-electron chi connectivity index (χ0n) is 10.5. The van der Waals surface area contributed by atoms with Gasteiger partial charge in [-0.15, -0.1) is 0 Å². The van der Waals surface area contributed by atoms with E-state index in [1.807, 2.05) is 6.92 Å². The third-order valence-corrected chi connectivity index (χ3v) is 3.78. The van der Waals surface area contributed by atoms with Gasteiger partial charge in [-0.05, 0) is 38.5 Å². The number of carbonyl (C=O) groups is 1. The lowest BCUT2D eigenvalue weighted by atomic mass is 9.77. The van der Waals surface area contributed by atoms with Crippen LogP contribution in [0.25, 0.3) is 0 Å². The zero-order valence-corrected chi connectivity index (χ0v) is 10.5. The fourth-order valence-electron chi connectivity index (χ4n) is 2.45. The molecule has 0 aliphatic heterocycles. The number of aliphatic hydroxyl groups is 1. The molecule has 0 bridgehead atoms. The molecule has 1 aromatic heterocycles. The van der Waals surface area contributed by atoms with E-state index in [-0.39, 0.29) is 5.78 Å². The van der Waals surface area contributed by atoms with Gasteiger partial charge in [0.05, 0.1) is 0 Å². The third-order valence-electron chi connectivity index (χ3n) is 3.78. The molecule has 1 N–H and O–H groups in total. The van der Waals surface area contributed by atoms with Crippen molar-refractivity contribution >= 4 is 5.78 Å². The number of carbonyl (C=O) groups excluding carboxylic acids is 1.